The van der Waals surface area contributed by atoms with Crippen molar-refractivity contribution in [2.24, 2.45) is 0 Å². The minimum atomic E-state index is -1.09. The molecule has 0 aromatic carbocycles. The van der Waals surface area contributed by atoms with E-state index in [4.69, 9.17) is 4.74 Å². The molecule has 0 aliphatic heterocycles. The van der Waals surface area contributed by atoms with E-state index in [1.807, 2.05) is 47.7 Å². The van der Waals surface area contributed by atoms with E-state index in [1.165, 1.54) is 9.03 Å². The molecule has 6 aromatic rings. The van der Waals surface area contributed by atoms with Gasteiger partial charge in [0.2, 0.25) is 0 Å². The van der Waals surface area contributed by atoms with E-state index >= 15 is 0 Å². The number of hydrogen-bond acceptors (Lipinski definition) is 7. The van der Waals surface area contributed by atoms with Gasteiger partial charge in [-0.25, -0.2) is 23.7 Å². The van der Waals surface area contributed by atoms with E-state index in [-0.39, 0.29) is 23.0 Å². The fourth-order valence-electron chi connectivity index (χ4n) is 5.53. The second kappa shape index (κ2) is 13.0. The highest BCUT2D eigenvalue weighted by molar-refractivity contribution is 6.76. The van der Waals surface area contributed by atoms with Crippen molar-refractivity contribution < 1.29 is 4.74 Å². The molecule has 0 aliphatic rings. The summed E-state index contributed by atoms with van der Waals surface area (Å²) in [7, 11) is -1.09. The predicted molar refractivity (Wildman–Crippen MR) is 182 cm³/mol. The van der Waals surface area contributed by atoms with Gasteiger partial charge in [-0.15, -0.1) is 0 Å². The maximum Gasteiger partial charge on any atom is 0.276 e. The molecule has 0 spiro atoms. The molecule has 0 saturated carbocycles. The molecular formula is C32H44N10O3Si. The molecule has 0 amide bonds. The number of nitrogens with one attached hydrogen (secondary N) is 3. The summed E-state index contributed by atoms with van der Waals surface area (Å²) >= 11 is 0. The van der Waals surface area contributed by atoms with Crippen LogP contribution in [0.2, 0.25) is 25.7 Å². The fraction of sp³-hybridized carbons (Fsp3) is 0.438. The molecule has 0 atom stereocenters. The summed E-state index contributed by atoms with van der Waals surface area (Å²) in [6.45, 7) is 20.0. The smallest absolute Gasteiger partial charge is 0.276 e. The summed E-state index contributed by atoms with van der Waals surface area (Å²) < 4.78 is 10.5. The zero-order valence-corrected chi connectivity index (χ0v) is 29.1. The lowest BCUT2D eigenvalue weighted by molar-refractivity contribution is 0.0786. The SMILES string of the molecule is Cc1nc2c(-c3cn[nH]c3)c[nH]n2c(=O)c1C(C)C.Cc1nc2c(-c3cnn(COCC[Si](C)(C)C)c3)c[nH]n2c(=O)c1C(C)C. The van der Waals surface area contributed by atoms with Gasteiger partial charge in [0, 0.05) is 84.2 Å². The van der Waals surface area contributed by atoms with Crippen molar-refractivity contribution >= 4 is 19.4 Å². The van der Waals surface area contributed by atoms with E-state index in [2.05, 4.69) is 55.1 Å². The third kappa shape index (κ3) is 6.67. The van der Waals surface area contributed by atoms with Gasteiger partial charge in [0.15, 0.2) is 11.3 Å². The van der Waals surface area contributed by atoms with Crippen LogP contribution in [0.5, 0.6) is 0 Å². The quantitative estimate of drug-likeness (QED) is 0.139. The van der Waals surface area contributed by atoms with Gasteiger partial charge in [-0.05, 0) is 31.7 Å². The molecule has 0 radical (unpaired) electrons. The monoisotopic (exact) mass is 644 g/mol. The van der Waals surface area contributed by atoms with Gasteiger partial charge in [-0.1, -0.05) is 47.3 Å². The average molecular weight is 645 g/mol. The molecule has 3 N–H and O–H groups in total. The van der Waals surface area contributed by atoms with Crippen LogP contribution < -0.4 is 11.1 Å². The lowest BCUT2D eigenvalue weighted by atomic mass is 10.0. The summed E-state index contributed by atoms with van der Waals surface area (Å²) in [5, 5.41) is 17.1. The molecule has 0 fully saturated rings. The van der Waals surface area contributed by atoms with Crippen molar-refractivity contribution in [2.75, 3.05) is 6.61 Å². The lowest BCUT2D eigenvalue weighted by Gasteiger charge is -2.15. The van der Waals surface area contributed by atoms with Crippen molar-refractivity contribution in [1.82, 2.24) is 49.2 Å². The van der Waals surface area contributed by atoms with Crippen LogP contribution in [0, 0.1) is 13.8 Å². The van der Waals surface area contributed by atoms with E-state index in [0.29, 0.717) is 18.0 Å². The Morgan fingerprint density at radius 3 is 1.83 bits per heavy atom. The second-order valence-electron chi connectivity index (χ2n) is 13.4. The lowest BCUT2D eigenvalue weighted by Crippen LogP contribution is -2.22. The van der Waals surface area contributed by atoms with Crippen LogP contribution in [0.1, 0.15) is 62.0 Å². The van der Waals surface area contributed by atoms with Gasteiger partial charge < -0.3 is 4.74 Å². The Morgan fingerprint density at radius 1 is 0.804 bits per heavy atom. The molecule has 244 valence electrons. The number of hydrogen-bond donors (Lipinski definition) is 3. The van der Waals surface area contributed by atoms with E-state index in [9.17, 15) is 9.59 Å². The molecule has 6 rings (SSSR count). The normalized spacial score (nSPS) is 12.1. The Bertz CT molecular complexity index is 2070. The molecule has 6 heterocycles. The van der Waals surface area contributed by atoms with Crippen molar-refractivity contribution in [3.05, 3.63) is 80.4 Å². The van der Waals surface area contributed by atoms with Crippen LogP contribution >= 0.6 is 0 Å². The molecular weight excluding hydrogens is 601 g/mol. The maximum atomic E-state index is 12.8. The number of fused-ring (bicyclic) bond motifs is 2. The Kier molecular flexibility index (Phi) is 9.31. The van der Waals surface area contributed by atoms with Crippen molar-refractivity contribution in [1.29, 1.82) is 0 Å². The van der Waals surface area contributed by atoms with Crippen LogP contribution in [-0.4, -0.2) is 63.9 Å². The third-order valence-corrected chi connectivity index (χ3v) is 9.61. The number of ether oxygens (including phenoxy) is 1. The van der Waals surface area contributed by atoms with Gasteiger partial charge >= 0.3 is 0 Å². The summed E-state index contributed by atoms with van der Waals surface area (Å²) in [6, 6.07) is 1.13. The Balaban J connectivity index is 0.000000192. The summed E-state index contributed by atoms with van der Waals surface area (Å²) in [5.41, 5.74) is 7.77. The van der Waals surface area contributed by atoms with Crippen LogP contribution in [0.15, 0.2) is 46.8 Å². The van der Waals surface area contributed by atoms with Crippen molar-refractivity contribution in [3.63, 3.8) is 0 Å². The molecule has 0 bridgehead atoms. The van der Waals surface area contributed by atoms with Crippen LogP contribution in [-0.2, 0) is 11.5 Å². The summed E-state index contributed by atoms with van der Waals surface area (Å²) in [4.78, 5) is 34.4. The van der Waals surface area contributed by atoms with Crippen molar-refractivity contribution in [2.45, 2.75) is 85.8 Å². The molecule has 0 aliphatic carbocycles. The highest BCUT2D eigenvalue weighted by atomic mass is 28.3. The third-order valence-electron chi connectivity index (χ3n) is 7.90. The van der Waals surface area contributed by atoms with Gasteiger partial charge in [0.25, 0.3) is 11.1 Å². The fourth-order valence-corrected chi connectivity index (χ4v) is 6.29. The topological polar surface area (TPSA) is 156 Å². The number of aromatic nitrogens is 10. The Labute approximate surface area is 268 Å². The minimum absolute atomic E-state index is 0.0350. The maximum absolute atomic E-state index is 12.8. The molecule has 46 heavy (non-hydrogen) atoms. The minimum Gasteiger partial charge on any atom is -0.360 e. The number of nitrogens with zero attached hydrogens (tertiary/aromatic N) is 7. The number of aryl methyl sites for hydroxylation is 2. The standard InChI is InChI=1S/C19H29N5O2Si.C13H15N5O/c1-13(2)17-14(3)22-18-16(10-21-24(18)19(17)25)15-9-20-23(11-15)12-26-7-8-27(4,5)6;1-7(2)11-8(3)17-12-10(9-4-14-15-5-9)6-16-18(12)13(11)19/h9-11,13,21H,7-8,12H2,1-6H3;4-7,16H,1-3H3,(H,14,15). The largest absolute Gasteiger partial charge is 0.360 e. The summed E-state index contributed by atoms with van der Waals surface area (Å²) in [6.07, 6.45) is 10.8. The molecule has 13 nitrogen and oxygen atoms in total. The second-order valence-corrected chi connectivity index (χ2v) is 19.1. The number of rotatable bonds is 9. The number of H-pyrrole nitrogens is 3. The van der Waals surface area contributed by atoms with E-state index < -0.39 is 8.07 Å². The Morgan fingerprint density at radius 2 is 1.35 bits per heavy atom. The number of aromatic amines is 3. The zero-order valence-electron chi connectivity index (χ0n) is 28.1. The average Bonchev–Trinajstić information content (AvgIpc) is 3.77. The first-order chi connectivity index (χ1) is 21.8. The predicted octanol–water partition coefficient (Wildman–Crippen LogP) is 5.47. The highest BCUT2D eigenvalue weighted by Gasteiger charge is 2.19. The van der Waals surface area contributed by atoms with Gasteiger partial charge in [-0.3, -0.25) is 24.9 Å². The van der Waals surface area contributed by atoms with Gasteiger partial charge in [0.1, 0.15) is 6.73 Å². The molecule has 6 aromatic heterocycles. The van der Waals surface area contributed by atoms with Crippen LogP contribution in [0.3, 0.4) is 0 Å². The van der Waals surface area contributed by atoms with Gasteiger partial charge in [0.05, 0.1) is 12.4 Å². The van der Waals surface area contributed by atoms with Crippen LogP contribution in [0.25, 0.3) is 33.5 Å². The first-order valence-electron chi connectivity index (χ1n) is 15.6. The molecule has 0 unspecified atom stereocenters. The molecule has 14 heteroatoms. The Hall–Kier alpha value is -4.56. The van der Waals surface area contributed by atoms with E-state index in [0.717, 1.165) is 57.4 Å². The first-order valence-corrected chi connectivity index (χ1v) is 19.3. The van der Waals surface area contributed by atoms with Crippen LogP contribution in [0.4, 0.5) is 0 Å². The zero-order chi connectivity index (χ0) is 33.3. The van der Waals surface area contributed by atoms with Gasteiger partial charge in [-0.2, -0.15) is 10.2 Å². The highest BCUT2D eigenvalue weighted by Crippen LogP contribution is 2.25. The first kappa shape index (κ1) is 32.8. The summed E-state index contributed by atoms with van der Waals surface area (Å²) in [5.74, 6) is 0.280. The van der Waals surface area contributed by atoms with Crippen molar-refractivity contribution in [3.8, 4) is 22.3 Å². The van der Waals surface area contributed by atoms with E-state index in [1.54, 1.807) is 35.7 Å². The molecule has 0 saturated heterocycles.